The zero-order chi connectivity index (χ0) is 23.7. The molecule has 0 spiro atoms. The molecule has 2 aliphatic rings. The van der Waals surface area contributed by atoms with Crippen LogP contribution in [0.1, 0.15) is 46.9 Å². The van der Waals surface area contributed by atoms with Gasteiger partial charge >= 0.3 is 12.1 Å². The molecule has 174 valence electrons. The van der Waals surface area contributed by atoms with Gasteiger partial charge < -0.3 is 19.6 Å². The number of anilines is 1. The monoisotopic (exact) mass is 460 g/mol. The van der Waals surface area contributed by atoms with E-state index in [1.165, 1.54) is 12.3 Å². The maximum absolute atomic E-state index is 12.6. The third-order valence-electron chi connectivity index (χ3n) is 6.57. The molecule has 2 atom stereocenters. The summed E-state index contributed by atoms with van der Waals surface area (Å²) in [7, 11) is 0. The zero-order valence-corrected chi connectivity index (χ0v) is 18.3. The van der Waals surface area contributed by atoms with Gasteiger partial charge in [0.1, 0.15) is 6.61 Å². The molecule has 0 saturated heterocycles. The van der Waals surface area contributed by atoms with Crippen LogP contribution in [-0.4, -0.2) is 35.7 Å². The summed E-state index contributed by atoms with van der Waals surface area (Å²) in [6, 6.07) is 17.4. The summed E-state index contributed by atoms with van der Waals surface area (Å²) < 4.78 is 10.8. The van der Waals surface area contributed by atoms with Gasteiger partial charge in [0.2, 0.25) is 5.76 Å². The van der Waals surface area contributed by atoms with Crippen molar-refractivity contribution in [3.05, 3.63) is 77.7 Å². The standard InChI is InChI=1S/C26H24N2O6/c29-24(27-16-10-9-15(13-16)25(30)31)23-22(11-12-33-23)28-26(32)34-14-21-19-7-3-1-5-17(19)18-6-2-4-8-20(18)21/h1-8,11-12,15-16,21H,9-10,13-14H2,(H,27,29)(H,28,32)(H,30,31)/t15-,16+/m1/s1. The van der Waals surface area contributed by atoms with Gasteiger partial charge in [0.05, 0.1) is 17.9 Å². The van der Waals surface area contributed by atoms with E-state index >= 15 is 0 Å². The van der Waals surface area contributed by atoms with Crippen LogP contribution in [0.5, 0.6) is 0 Å². The van der Waals surface area contributed by atoms with Crippen LogP contribution < -0.4 is 10.6 Å². The minimum Gasteiger partial charge on any atom is -0.481 e. The number of amides is 2. The minimum atomic E-state index is -0.854. The fraction of sp³-hybridized carbons (Fsp3) is 0.269. The van der Waals surface area contributed by atoms with Crippen LogP contribution >= 0.6 is 0 Å². The van der Waals surface area contributed by atoms with Crippen molar-refractivity contribution in [1.29, 1.82) is 0 Å². The Kier molecular flexibility index (Phi) is 5.79. The molecular formula is C26H24N2O6. The lowest BCUT2D eigenvalue weighted by Crippen LogP contribution is -2.33. The third-order valence-corrected chi connectivity index (χ3v) is 6.57. The van der Waals surface area contributed by atoms with Crippen molar-refractivity contribution in [3.63, 3.8) is 0 Å². The molecule has 0 radical (unpaired) electrons. The molecule has 0 unspecified atom stereocenters. The van der Waals surface area contributed by atoms with E-state index in [2.05, 4.69) is 22.8 Å². The van der Waals surface area contributed by atoms with E-state index in [9.17, 15) is 14.4 Å². The quantitative estimate of drug-likeness (QED) is 0.494. The van der Waals surface area contributed by atoms with E-state index in [1.54, 1.807) is 0 Å². The van der Waals surface area contributed by atoms with Crippen molar-refractivity contribution in [2.24, 2.45) is 5.92 Å². The predicted octanol–water partition coefficient (Wildman–Crippen LogP) is 4.62. The molecule has 0 bridgehead atoms. The Labute approximate surface area is 195 Å². The molecule has 2 aromatic carbocycles. The molecule has 1 fully saturated rings. The summed E-state index contributed by atoms with van der Waals surface area (Å²) in [5.41, 5.74) is 4.69. The average Bonchev–Trinajstić information content (AvgIpc) is 3.56. The number of carbonyl (C=O) groups excluding carboxylic acids is 2. The van der Waals surface area contributed by atoms with Crippen molar-refractivity contribution >= 4 is 23.7 Å². The number of furan rings is 1. The number of aliphatic carboxylic acids is 1. The first-order chi connectivity index (χ1) is 16.5. The van der Waals surface area contributed by atoms with Crippen LogP contribution in [0.15, 0.2) is 65.3 Å². The molecule has 5 rings (SSSR count). The van der Waals surface area contributed by atoms with Gasteiger partial charge in [0, 0.05) is 18.0 Å². The van der Waals surface area contributed by atoms with Gasteiger partial charge in [-0.3, -0.25) is 14.9 Å². The maximum Gasteiger partial charge on any atom is 0.411 e. The van der Waals surface area contributed by atoms with Crippen molar-refractivity contribution in [2.45, 2.75) is 31.2 Å². The minimum absolute atomic E-state index is 0.0488. The van der Waals surface area contributed by atoms with Crippen LogP contribution in [0.3, 0.4) is 0 Å². The third kappa shape index (κ3) is 4.14. The largest absolute Gasteiger partial charge is 0.481 e. The Morgan fingerprint density at radius 1 is 0.971 bits per heavy atom. The summed E-state index contributed by atoms with van der Waals surface area (Å²) in [6.45, 7) is 0.151. The number of nitrogens with one attached hydrogen (secondary N) is 2. The molecule has 1 aromatic heterocycles. The number of carboxylic acid groups (broad SMARTS) is 1. The second-order valence-electron chi connectivity index (χ2n) is 8.63. The van der Waals surface area contributed by atoms with Crippen molar-refractivity contribution < 1.29 is 28.6 Å². The normalized spacial score (nSPS) is 18.7. The molecule has 2 aliphatic carbocycles. The molecule has 8 nitrogen and oxygen atoms in total. The molecule has 2 amide bonds. The number of benzene rings is 2. The fourth-order valence-corrected chi connectivity index (χ4v) is 4.92. The number of rotatable bonds is 6. The molecule has 34 heavy (non-hydrogen) atoms. The highest BCUT2D eigenvalue weighted by molar-refractivity contribution is 6.00. The van der Waals surface area contributed by atoms with E-state index in [-0.39, 0.29) is 30.0 Å². The second-order valence-corrected chi connectivity index (χ2v) is 8.63. The smallest absolute Gasteiger partial charge is 0.411 e. The molecule has 3 N–H and O–H groups in total. The van der Waals surface area contributed by atoms with E-state index in [0.29, 0.717) is 19.3 Å². The number of carboxylic acids is 1. The molecule has 8 heteroatoms. The number of carbonyl (C=O) groups is 3. The molecule has 3 aromatic rings. The molecule has 1 heterocycles. The van der Waals surface area contributed by atoms with E-state index in [0.717, 1.165) is 22.3 Å². The Morgan fingerprint density at radius 2 is 1.65 bits per heavy atom. The van der Waals surface area contributed by atoms with Gasteiger partial charge in [-0.15, -0.1) is 0 Å². The van der Waals surface area contributed by atoms with Crippen LogP contribution in [0.25, 0.3) is 11.1 Å². The van der Waals surface area contributed by atoms with Gasteiger partial charge in [-0.25, -0.2) is 4.79 Å². The van der Waals surface area contributed by atoms with Gasteiger partial charge in [0.15, 0.2) is 0 Å². The van der Waals surface area contributed by atoms with Crippen molar-refractivity contribution in [1.82, 2.24) is 5.32 Å². The van der Waals surface area contributed by atoms with Crippen LogP contribution in [0, 0.1) is 5.92 Å². The predicted molar refractivity (Wildman–Crippen MR) is 124 cm³/mol. The highest BCUT2D eigenvalue weighted by atomic mass is 16.5. The van der Waals surface area contributed by atoms with Crippen molar-refractivity contribution in [3.8, 4) is 11.1 Å². The topological polar surface area (TPSA) is 118 Å². The highest BCUT2D eigenvalue weighted by Crippen LogP contribution is 2.44. The summed E-state index contributed by atoms with van der Waals surface area (Å²) in [5.74, 6) is -1.94. The lowest BCUT2D eigenvalue weighted by atomic mass is 9.98. The maximum atomic E-state index is 12.6. The van der Waals surface area contributed by atoms with Gasteiger partial charge in [-0.2, -0.15) is 0 Å². The summed E-state index contributed by atoms with van der Waals surface area (Å²) in [6.07, 6.45) is 2.09. The zero-order valence-electron chi connectivity index (χ0n) is 18.3. The second kappa shape index (κ2) is 9.05. The molecular weight excluding hydrogens is 436 g/mol. The lowest BCUT2D eigenvalue weighted by molar-refractivity contribution is -0.141. The van der Waals surface area contributed by atoms with Gasteiger partial charge in [0.25, 0.3) is 5.91 Å². The van der Waals surface area contributed by atoms with Crippen LogP contribution in [0.2, 0.25) is 0 Å². The Morgan fingerprint density at radius 3 is 2.29 bits per heavy atom. The first kappa shape index (κ1) is 21.8. The van der Waals surface area contributed by atoms with Crippen LogP contribution in [0.4, 0.5) is 10.5 Å². The summed E-state index contributed by atoms with van der Waals surface area (Å²) >= 11 is 0. The van der Waals surface area contributed by atoms with Gasteiger partial charge in [-0.05, 0) is 41.5 Å². The summed E-state index contributed by atoms with van der Waals surface area (Å²) in [4.78, 5) is 36.3. The number of fused-ring (bicyclic) bond motifs is 3. The molecule has 1 saturated carbocycles. The lowest BCUT2D eigenvalue weighted by Gasteiger charge is -2.15. The summed E-state index contributed by atoms with van der Waals surface area (Å²) in [5, 5.41) is 14.5. The Bertz CT molecular complexity index is 1200. The van der Waals surface area contributed by atoms with Crippen LogP contribution in [-0.2, 0) is 9.53 Å². The SMILES string of the molecule is O=C(Nc1ccoc1C(=O)N[C@H]1CC[C@@H](C(=O)O)C1)OCC1c2ccccc2-c2ccccc21. The number of ether oxygens (including phenoxy) is 1. The number of hydrogen-bond donors (Lipinski definition) is 3. The first-order valence-electron chi connectivity index (χ1n) is 11.2. The Hall–Kier alpha value is -4.07. The van der Waals surface area contributed by atoms with Crippen molar-refractivity contribution in [2.75, 3.05) is 11.9 Å². The Balaban J connectivity index is 1.21. The fourth-order valence-electron chi connectivity index (χ4n) is 4.92. The van der Waals surface area contributed by atoms with E-state index < -0.39 is 23.9 Å². The molecule has 0 aliphatic heterocycles. The van der Waals surface area contributed by atoms with E-state index in [1.807, 2.05) is 36.4 Å². The number of hydrogen-bond acceptors (Lipinski definition) is 5. The average molecular weight is 460 g/mol. The first-order valence-corrected chi connectivity index (χ1v) is 11.2. The van der Waals surface area contributed by atoms with E-state index in [4.69, 9.17) is 14.3 Å². The van der Waals surface area contributed by atoms with Gasteiger partial charge in [-0.1, -0.05) is 48.5 Å². The highest BCUT2D eigenvalue weighted by Gasteiger charge is 2.32.